The first kappa shape index (κ1) is 14.3. The van der Waals surface area contributed by atoms with E-state index in [2.05, 4.69) is 34.7 Å². The molecule has 1 unspecified atom stereocenters. The molecular formula is C14H18N4OS. The quantitative estimate of drug-likeness (QED) is 0.789. The van der Waals surface area contributed by atoms with Gasteiger partial charge >= 0.3 is 0 Å². The zero-order valence-corrected chi connectivity index (χ0v) is 12.3. The van der Waals surface area contributed by atoms with Crippen molar-refractivity contribution >= 4 is 28.2 Å². The Morgan fingerprint density at radius 3 is 2.70 bits per heavy atom. The van der Waals surface area contributed by atoms with Crippen molar-refractivity contribution in [2.24, 2.45) is 0 Å². The van der Waals surface area contributed by atoms with E-state index in [0.29, 0.717) is 16.6 Å². The minimum atomic E-state index is -0.177. The molecule has 1 aromatic carbocycles. The van der Waals surface area contributed by atoms with E-state index in [1.165, 1.54) is 16.9 Å². The number of rotatable bonds is 5. The molecule has 0 saturated heterocycles. The highest BCUT2D eigenvalue weighted by Gasteiger charge is 2.16. The molecule has 0 saturated carbocycles. The van der Waals surface area contributed by atoms with Gasteiger partial charge in [0, 0.05) is 13.6 Å². The zero-order valence-electron chi connectivity index (χ0n) is 11.5. The number of nitrogens with two attached hydrogens (primary N) is 1. The largest absolute Gasteiger partial charge is 0.382 e. The summed E-state index contributed by atoms with van der Waals surface area (Å²) in [6.45, 7) is 2.64. The Morgan fingerprint density at radius 1 is 1.40 bits per heavy atom. The molecule has 4 N–H and O–H groups in total. The van der Waals surface area contributed by atoms with Crippen molar-refractivity contribution in [3.63, 3.8) is 0 Å². The minimum absolute atomic E-state index is 0.177. The summed E-state index contributed by atoms with van der Waals surface area (Å²) >= 11 is 1.26. The molecule has 6 heteroatoms. The molecule has 0 fully saturated rings. The monoisotopic (exact) mass is 290 g/mol. The number of nitrogen functional groups attached to an aromatic ring is 1. The van der Waals surface area contributed by atoms with Crippen LogP contribution in [0.4, 0.5) is 10.9 Å². The van der Waals surface area contributed by atoms with Crippen LogP contribution in [0.5, 0.6) is 0 Å². The van der Waals surface area contributed by atoms with Crippen LogP contribution in [0.15, 0.2) is 30.3 Å². The highest BCUT2D eigenvalue weighted by atomic mass is 32.1. The van der Waals surface area contributed by atoms with Gasteiger partial charge in [0.2, 0.25) is 0 Å². The average Bonchev–Trinajstić information content (AvgIpc) is 2.86. The SMILES string of the molecule is CNc1nc(N)c(C(=O)NCC(C)c2ccccc2)s1. The third kappa shape index (κ3) is 3.27. The summed E-state index contributed by atoms with van der Waals surface area (Å²) in [4.78, 5) is 16.6. The van der Waals surface area contributed by atoms with E-state index in [1.807, 2.05) is 18.2 Å². The number of benzene rings is 1. The zero-order chi connectivity index (χ0) is 14.5. The number of aromatic nitrogens is 1. The summed E-state index contributed by atoms with van der Waals surface area (Å²) in [5.41, 5.74) is 6.93. The molecule has 0 aliphatic rings. The van der Waals surface area contributed by atoms with Gasteiger partial charge in [0.15, 0.2) is 5.13 Å². The topological polar surface area (TPSA) is 80.0 Å². The molecule has 0 radical (unpaired) electrons. The number of hydrogen-bond donors (Lipinski definition) is 3. The third-order valence-corrected chi connectivity index (χ3v) is 4.10. The first-order chi connectivity index (χ1) is 9.61. The number of amides is 1. The van der Waals surface area contributed by atoms with Crippen LogP contribution >= 0.6 is 11.3 Å². The first-order valence-corrected chi connectivity index (χ1v) is 7.20. The van der Waals surface area contributed by atoms with Gasteiger partial charge < -0.3 is 16.4 Å². The maximum absolute atomic E-state index is 12.1. The van der Waals surface area contributed by atoms with E-state index in [9.17, 15) is 4.79 Å². The van der Waals surface area contributed by atoms with Crippen LogP contribution in [0.1, 0.15) is 28.1 Å². The standard InChI is InChI=1S/C14H18N4OS/c1-9(10-6-4-3-5-7-10)8-17-13(19)11-12(15)18-14(16-2)20-11/h3-7,9H,8,15H2,1-2H3,(H,16,18)(H,17,19). The molecular weight excluding hydrogens is 272 g/mol. The summed E-state index contributed by atoms with van der Waals surface area (Å²) in [5.74, 6) is 0.339. The van der Waals surface area contributed by atoms with Gasteiger partial charge in [-0.25, -0.2) is 4.98 Å². The third-order valence-electron chi connectivity index (χ3n) is 3.01. The first-order valence-electron chi connectivity index (χ1n) is 6.39. The Labute approximate surface area is 122 Å². The number of carbonyl (C=O) groups is 1. The predicted molar refractivity (Wildman–Crippen MR) is 83.3 cm³/mol. The van der Waals surface area contributed by atoms with Gasteiger partial charge in [0.05, 0.1) is 0 Å². The van der Waals surface area contributed by atoms with Crippen molar-refractivity contribution in [2.45, 2.75) is 12.8 Å². The van der Waals surface area contributed by atoms with E-state index in [1.54, 1.807) is 7.05 Å². The lowest BCUT2D eigenvalue weighted by Gasteiger charge is -2.12. The lowest BCUT2D eigenvalue weighted by molar-refractivity contribution is 0.0956. The molecule has 106 valence electrons. The second kappa shape index (κ2) is 6.38. The molecule has 2 aromatic rings. The van der Waals surface area contributed by atoms with Crippen molar-refractivity contribution in [1.29, 1.82) is 0 Å². The van der Waals surface area contributed by atoms with Crippen LogP contribution in [0.2, 0.25) is 0 Å². The predicted octanol–water partition coefficient (Wildman–Crippen LogP) is 2.30. The van der Waals surface area contributed by atoms with Crippen molar-refractivity contribution in [3.05, 3.63) is 40.8 Å². The van der Waals surface area contributed by atoms with Gasteiger partial charge in [-0.15, -0.1) is 0 Å². The van der Waals surface area contributed by atoms with Crippen molar-refractivity contribution in [1.82, 2.24) is 10.3 Å². The number of nitrogens with one attached hydrogen (secondary N) is 2. The summed E-state index contributed by atoms with van der Waals surface area (Å²) in [6, 6.07) is 10.1. The molecule has 1 aromatic heterocycles. The van der Waals surface area contributed by atoms with Gasteiger partial charge in [-0.3, -0.25) is 4.79 Å². The Bertz CT molecular complexity index is 582. The number of nitrogens with zero attached hydrogens (tertiary/aromatic N) is 1. The second-order valence-electron chi connectivity index (χ2n) is 4.51. The minimum Gasteiger partial charge on any atom is -0.382 e. The lowest BCUT2D eigenvalue weighted by Crippen LogP contribution is -2.27. The fourth-order valence-corrected chi connectivity index (χ4v) is 2.58. The molecule has 20 heavy (non-hydrogen) atoms. The van der Waals surface area contributed by atoms with Crippen LogP contribution in [0.25, 0.3) is 0 Å². The fourth-order valence-electron chi connectivity index (χ4n) is 1.83. The van der Waals surface area contributed by atoms with Crippen molar-refractivity contribution < 1.29 is 4.79 Å². The highest BCUT2D eigenvalue weighted by molar-refractivity contribution is 7.18. The van der Waals surface area contributed by atoms with E-state index >= 15 is 0 Å². The smallest absolute Gasteiger partial charge is 0.265 e. The summed E-state index contributed by atoms with van der Waals surface area (Å²) in [5, 5.41) is 6.42. The lowest BCUT2D eigenvalue weighted by atomic mass is 10.0. The van der Waals surface area contributed by atoms with Crippen LogP contribution in [-0.2, 0) is 0 Å². The van der Waals surface area contributed by atoms with Gasteiger partial charge in [0.25, 0.3) is 5.91 Å². The molecule has 2 rings (SSSR count). The molecule has 0 spiro atoms. The van der Waals surface area contributed by atoms with Crippen molar-refractivity contribution in [2.75, 3.05) is 24.6 Å². The highest BCUT2D eigenvalue weighted by Crippen LogP contribution is 2.24. The normalized spacial score (nSPS) is 11.9. The molecule has 5 nitrogen and oxygen atoms in total. The number of hydrogen-bond acceptors (Lipinski definition) is 5. The van der Waals surface area contributed by atoms with E-state index < -0.39 is 0 Å². The average molecular weight is 290 g/mol. The van der Waals surface area contributed by atoms with Gasteiger partial charge in [-0.05, 0) is 11.5 Å². The van der Waals surface area contributed by atoms with Crippen molar-refractivity contribution in [3.8, 4) is 0 Å². The van der Waals surface area contributed by atoms with Gasteiger partial charge in [-0.2, -0.15) is 0 Å². The maximum atomic E-state index is 12.1. The van der Waals surface area contributed by atoms with Crippen LogP contribution in [-0.4, -0.2) is 24.5 Å². The van der Waals surface area contributed by atoms with Crippen LogP contribution < -0.4 is 16.4 Å². The van der Waals surface area contributed by atoms with Gasteiger partial charge in [0.1, 0.15) is 10.7 Å². The number of thiazole rings is 1. The van der Waals surface area contributed by atoms with E-state index in [0.717, 1.165) is 0 Å². The Balaban J connectivity index is 1.96. The van der Waals surface area contributed by atoms with Crippen LogP contribution in [0.3, 0.4) is 0 Å². The molecule has 0 bridgehead atoms. The Morgan fingerprint density at radius 2 is 2.10 bits per heavy atom. The molecule has 1 heterocycles. The summed E-state index contributed by atoms with van der Waals surface area (Å²) in [7, 11) is 1.75. The number of carbonyl (C=O) groups excluding carboxylic acids is 1. The summed E-state index contributed by atoms with van der Waals surface area (Å²) < 4.78 is 0. The molecule has 0 aliphatic carbocycles. The Hall–Kier alpha value is -2.08. The van der Waals surface area contributed by atoms with E-state index in [4.69, 9.17) is 5.73 Å². The molecule has 0 aliphatic heterocycles. The number of anilines is 2. The Kier molecular flexibility index (Phi) is 4.57. The maximum Gasteiger partial charge on any atom is 0.265 e. The summed E-state index contributed by atoms with van der Waals surface area (Å²) in [6.07, 6.45) is 0. The molecule has 1 amide bonds. The molecule has 1 atom stereocenters. The van der Waals surface area contributed by atoms with Gasteiger partial charge in [-0.1, -0.05) is 48.6 Å². The second-order valence-corrected chi connectivity index (χ2v) is 5.50. The van der Waals surface area contributed by atoms with E-state index in [-0.39, 0.29) is 17.6 Å². The fraction of sp³-hybridized carbons (Fsp3) is 0.286. The van der Waals surface area contributed by atoms with Crippen LogP contribution in [0, 0.1) is 0 Å².